The van der Waals surface area contributed by atoms with Crippen LogP contribution in [0.25, 0.3) is 0 Å². The van der Waals surface area contributed by atoms with Gasteiger partial charge < -0.3 is 16.4 Å². The van der Waals surface area contributed by atoms with Crippen LogP contribution in [0.3, 0.4) is 0 Å². The van der Waals surface area contributed by atoms with Crippen molar-refractivity contribution >= 4 is 11.8 Å². The first-order valence-electron chi connectivity index (χ1n) is 4.86. The zero-order valence-electron chi connectivity index (χ0n) is 8.64. The molecule has 0 bridgehead atoms. The van der Waals surface area contributed by atoms with E-state index in [0.29, 0.717) is 25.9 Å². The minimum atomic E-state index is -0.286. The van der Waals surface area contributed by atoms with Gasteiger partial charge in [0.15, 0.2) is 0 Å². The SMILES string of the molecule is CNCCC(=O)NCCCCC(N)=O. The molecule has 14 heavy (non-hydrogen) atoms. The summed E-state index contributed by atoms with van der Waals surface area (Å²) in [6, 6.07) is 0. The number of amides is 2. The van der Waals surface area contributed by atoms with E-state index in [1.54, 1.807) is 7.05 Å². The summed E-state index contributed by atoms with van der Waals surface area (Å²) in [6.45, 7) is 1.31. The Hall–Kier alpha value is -1.10. The maximum absolute atomic E-state index is 11.1. The fraction of sp³-hybridized carbons (Fsp3) is 0.778. The van der Waals surface area contributed by atoms with Gasteiger partial charge in [0, 0.05) is 25.9 Å². The number of primary amides is 1. The Kier molecular flexibility index (Phi) is 7.83. The summed E-state index contributed by atoms with van der Waals surface area (Å²) >= 11 is 0. The monoisotopic (exact) mass is 201 g/mol. The van der Waals surface area contributed by atoms with Gasteiger partial charge in [-0.05, 0) is 19.9 Å². The summed E-state index contributed by atoms with van der Waals surface area (Å²) in [5.41, 5.74) is 4.97. The van der Waals surface area contributed by atoms with Gasteiger partial charge in [-0.1, -0.05) is 0 Å². The number of carbonyl (C=O) groups excluding carboxylic acids is 2. The van der Waals surface area contributed by atoms with Crippen molar-refractivity contribution in [3.63, 3.8) is 0 Å². The van der Waals surface area contributed by atoms with E-state index in [0.717, 1.165) is 12.8 Å². The van der Waals surface area contributed by atoms with Crippen LogP contribution in [0.2, 0.25) is 0 Å². The van der Waals surface area contributed by atoms with E-state index in [9.17, 15) is 9.59 Å². The van der Waals surface area contributed by atoms with Crippen LogP contribution in [0.15, 0.2) is 0 Å². The highest BCUT2D eigenvalue weighted by atomic mass is 16.1. The van der Waals surface area contributed by atoms with Crippen LogP contribution in [0, 0.1) is 0 Å². The highest BCUT2D eigenvalue weighted by molar-refractivity contribution is 5.76. The summed E-state index contributed by atoms with van der Waals surface area (Å²) in [5.74, 6) is -0.245. The number of nitrogens with one attached hydrogen (secondary N) is 2. The lowest BCUT2D eigenvalue weighted by molar-refractivity contribution is -0.121. The molecule has 4 N–H and O–H groups in total. The minimum Gasteiger partial charge on any atom is -0.370 e. The predicted octanol–water partition coefficient (Wildman–Crippen LogP) is -0.632. The standard InChI is InChI=1S/C9H19N3O2/c1-11-7-5-9(14)12-6-3-2-4-8(10)13/h11H,2-7H2,1H3,(H2,10,13)(H,12,14). The van der Waals surface area contributed by atoms with Crippen LogP contribution >= 0.6 is 0 Å². The molecule has 0 saturated heterocycles. The van der Waals surface area contributed by atoms with E-state index in [2.05, 4.69) is 10.6 Å². The highest BCUT2D eigenvalue weighted by Gasteiger charge is 1.99. The Labute approximate surface area is 84.4 Å². The fourth-order valence-corrected chi connectivity index (χ4v) is 0.979. The molecule has 0 aliphatic carbocycles. The smallest absolute Gasteiger partial charge is 0.221 e. The van der Waals surface area contributed by atoms with Crippen molar-refractivity contribution in [2.75, 3.05) is 20.1 Å². The molecule has 0 spiro atoms. The summed E-state index contributed by atoms with van der Waals surface area (Å²) in [7, 11) is 1.81. The van der Waals surface area contributed by atoms with Gasteiger partial charge in [-0.25, -0.2) is 0 Å². The first kappa shape index (κ1) is 12.9. The molecule has 0 atom stereocenters. The molecule has 0 aliphatic heterocycles. The molecule has 5 heteroatoms. The van der Waals surface area contributed by atoms with E-state index < -0.39 is 0 Å². The molecule has 0 fully saturated rings. The molecule has 82 valence electrons. The molecule has 0 aromatic rings. The van der Waals surface area contributed by atoms with Crippen LogP contribution in [-0.4, -0.2) is 32.0 Å². The molecular weight excluding hydrogens is 182 g/mol. The van der Waals surface area contributed by atoms with Crippen molar-refractivity contribution in [1.82, 2.24) is 10.6 Å². The van der Waals surface area contributed by atoms with Gasteiger partial charge in [-0.2, -0.15) is 0 Å². The van der Waals surface area contributed by atoms with Crippen molar-refractivity contribution < 1.29 is 9.59 Å². The van der Waals surface area contributed by atoms with Gasteiger partial charge in [-0.15, -0.1) is 0 Å². The summed E-state index contributed by atoms with van der Waals surface area (Å²) in [4.78, 5) is 21.4. The maximum atomic E-state index is 11.1. The van der Waals surface area contributed by atoms with Crippen LogP contribution in [-0.2, 0) is 9.59 Å². The topological polar surface area (TPSA) is 84.2 Å². The number of unbranched alkanes of at least 4 members (excludes halogenated alkanes) is 1. The Morgan fingerprint density at radius 3 is 2.43 bits per heavy atom. The van der Waals surface area contributed by atoms with E-state index in [4.69, 9.17) is 5.73 Å². The molecule has 0 aliphatic rings. The summed E-state index contributed by atoms with van der Waals surface area (Å²) in [5, 5.41) is 5.65. The second-order valence-electron chi connectivity index (χ2n) is 3.13. The predicted molar refractivity (Wildman–Crippen MR) is 54.6 cm³/mol. The van der Waals surface area contributed by atoms with Gasteiger partial charge in [0.05, 0.1) is 0 Å². The molecule has 5 nitrogen and oxygen atoms in total. The number of rotatable bonds is 8. The van der Waals surface area contributed by atoms with Gasteiger partial charge in [-0.3, -0.25) is 9.59 Å². The maximum Gasteiger partial charge on any atom is 0.221 e. The lowest BCUT2D eigenvalue weighted by atomic mass is 10.2. The summed E-state index contributed by atoms with van der Waals surface area (Å²) in [6.07, 6.45) is 2.43. The number of nitrogens with two attached hydrogens (primary N) is 1. The number of hydrogen-bond donors (Lipinski definition) is 3. The Bertz CT molecular complexity index is 183. The zero-order chi connectivity index (χ0) is 10.8. The van der Waals surface area contributed by atoms with Crippen LogP contribution in [0.1, 0.15) is 25.7 Å². The average molecular weight is 201 g/mol. The number of carbonyl (C=O) groups is 2. The first-order chi connectivity index (χ1) is 6.66. The van der Waals surface area contributed by atoms with Gasteiger partial charge in [0.2, 0.25) is 11.8 Å². The normalized spacial score (nSPS) is 9.79. The van der Waals surface area contributed by atoms with Crippen LogP contribution < -0.4 is 16.4 Å². The van der Waals surface area contributed by atoms with E-state index >= 15 is 0 Å². The highest BCUT2D eigenvalue weighted by Crippen LogP contribution is 1.92. The van der Waals surface area contributed by atoms with E-state index in [1.807, 2.05) is 0 Å². The average Bonchev–Trinajstić information content (AvgIpc) is 2.13. The summed E-state index contributed by atoms with van der Waals surface area (Å²) < 4.78 is 0. The van der Waals surface area contributed by atoms with Crippen molar-refractivity contribution in [1.29, 1.82) is 0 Å². The lowest BCUT2D eigenvalue weighted by Gasteiger charge is -2.03. The van der Waals surface area contributed by atoms with Crippen molar-refractivity contribution in [3.05, 3.63) is 0 Å². The Balaban J connectivity index is 3.19. The van der Waals surface area contributed by atoms with Crippen molar-refractivity contribution in [2.45, 2.75) is 25.7 Å². The molecule has 0 aromatic heterocycles. The third-order valence-electron chi connectivity index (χ3n) is 1.77. The minimum absolute atomic E-state index is 0.0402. The zero-order valence-corrected chi connectivity index (χ0v) is 8.64. The van der Waals surface area contributed by atoms with Gasteiger partial charge in [0.25, 0.3) is 0 Å². The molecule has 0 saturated carbocycles. The largest absolute Gasteiger partial charge is 0.370 e. The fourth-order valence-electron chi connectivity index (χ4n) is 0.979. The van der Waals surface area contributed by atoms with Gasteiger partial charge >= 0.3 is 0 Å². The van der Waals surface area contributed by atoms with Crippen LogP contribution in [0.4, 0.5) is 0 Å². The van der Waals surface area contributed by atoms with E-state index in [-0.39, 0.29) is 11.8 Å². The molecule has 2 amide bonds. The van der Waals surface area contributed by atoms with E-state index in [1.165, 1.54) is 0 Å². The molecular formula is C9H19N3O2. The molecule has 0 rings (SSSR count). The number of hydrogen-bond acceptors (Lipinski definition) is 3. The quantitative estimate of drug-likeness (QED) is 0.457. The van der Waals surface area contributed by atoms with Gasteiger partial charge in [0.1, 0.15) is 0 Å². The molecule has 0 aromatic carbocycles. The molecule has 0 radical (unpaired) electrons. The lowest BCUT2D eigenvalue weighted by Crippen LogP contribution is -2.27. The third kappa shape index (κ3) is 8.99. The first-order valence-corrected chi connectivity index (χ1v) is 4.86. The second kappa shape index (κ2) is 8.50. The molecule has 0 heterocycles. The Morgan fingerprint density at radius 1 is 1.14 bits per heavy atom. The second-order valence-corrected chi connectivity index (χ2v) is 3.13. The molecule has 0 unspecified atom stereocenters. The van der Waals surface area contributed by atoms with Crippen LogP contribution in [0.5, 0.6) is 0 Å². The third-order valence-corrected chi connectivity index (χ3v) is 1.77. The van der Waals surface area contributed by atoms with Crippen molar-refractivity contribution in [3.8, 4) is 0 Å². The Morgan fingerprint density at radius 2 is 1.86 bits per heavy atom. The van der Waals surface area contributed by atoms with Crippen molar-refractivity contribution in [2.24, 2.45) is 5.73 Å².